The van der Waals surface area contributed by atoms with Crippen molar-refractivity contribution in [2.24, 2.45) is 4.99 Å². The highest BCUT2D eigenvalue weighted by atomic mass is 35.5. The van der Waals surface area contributed by atoms with Gasteiger partial charge < -0.3 is 10.0 Å². The van der Waals surface area contributed by atoms with E-state index in [1.807, 2.05) is 17.0 Å². The largest absolute Gasteiger partial charge is 0.481 e. The summed E-state index contributed by atoms with van der Waals surface area (Å²) in [5.41, 5.74) is 0.941. The molecule has 0 bridgehead atoms. The van der Waals surface area contributed by atoms with Gasteiger partial charge in [-0.2, -0.15) is 4.99 Å². The van der Waals surface area contributed by atoms with Crippen molar-refractivity contribution in [3.05, 3.63) is 34.9 Å². The van der Waals surface area contributed by atoms with Gasteiger partial charge in [0.25, 0.3) is 0 Å². The van der Waals surface area contributed by atoms with Crippen LogP contribution in [0.4, 0.5) is 0 Å². The van der Waals surface area contributed by atoms with Gasteiger partial charge in [-0.15, -0.1) is 0 Å². The van der Waals surface area contributed by atoms with Gasteiger partial charge in [0.05, 0.1) is 17.5 Å². The molecule has 146 valence electrons. The van der Waals surface area contributed by atoms with Crippen LogP contribution in [-0.4, -0.2) is 58.3 Å². The Bertz CT molecular complexity index is 870. The number of carboxylic acids is 1. The van der Waals surface area contributed by atoms with Crippen molar-refractivity contribution in [2.75, 3.05) is 11.5 Å². The van der Waals surface area contributed by atoms with E-state index in [0.29, 0.717) is 16.7 Å². The van der Waals surface area contributed by atoms with Gasteiger partial charge in [-0.1, -0.05) is 35.5 Å². The number of carboxylic acid groups (broad SMARTS) is 1. The monoisotopic (exact) mass is 430 g/mol. The van der Waals surface area contributed by atoms with Gasteiger partial charge in [-0.25, -0.2) is 8.42 Å². The van der Waals surface area contributed by atoms with Gasteiger partial charge in [0, 0.05) is 29.7 Å². The van der Waals surface area contributed by atoms with Crippen molar-refractivity contribution >= 4 is 50.2 Å². The van der Waals surface area contributed by atoms with Crippen molar-refractivity contribution in [3.8, 4) is 0 Å². The van der Waals surface area contributed by atoms with E-state index >= 15 is 0 Å². The number of rotatable bonds is 6. The quantitative estimate of drug-likeness (QED) is 0.737. The van der Waals surface area contributed by atoms with Crippen molar-refractivity contribution in [3.63, 3.8) is 0 Å². The number of nitrogens with zero attached hydrogens (tertiary/aromatic N) is 2. The first-order valence-electron chi connectivity index (χ1n) is 8.45. The van der Waals surface area contributed by atoms with Crippen LogP contribution < -0.4 is 0 Å². The molecule has 2 aliphatic heterocycles. The van der Waals surface area contributed by atoms with E-state index in [1.165, 1.54) is 11.8 Å². The van der Waals surface area contributed by atoms with Gasteiger partial charge in [-0.05, 0) is 24.1 Å². The van der Waals surface area contributed by atoms with Crippen LogP contribution in [0.15, 0.2) is 29.3 Å². The Morgan fingerprint density at radius 3 is 2.59 bits per heavy atom. The molecule has 0 spiro atoms. The third-order valence-electron chi connectivity index (χ3n) is 4.44. The molecule has 2 heterocycles. The third-order valence-corrected chi connectivity index (χ3v) is 7.94. The number of amides is 1. The zero-order valence-corrected chi connectivity index (χ0v) is 16.8. The van der Waals surface area contributed by atoms with Crippen LogP contribution in [0.25, 0.3) is 0 Å². The summed E-state index contributed by atoms with van der Waals surface area (Å²) in [5, 5.41) is 9.64. The summed E-state index contributed by atoms with van der Waals surface area (Å²) < 4.78 is 24.0. The van der Waals surface area contributed by atoms with Crippen LogP contribution in [0, 0.1) is 0 Å². The zero-order valence-electron chi connectivity index (χ0n) is 14.4. The van der Waals surface area contributed by atoms with Gasteiger partial charge in [-0.3, -0.25) is 9.59 Å². The molecule has 0 aromatic heterocycles. The molecule has 0 unspecified atom stereocenters. The maximum atomic E-state index is 12.1. The first kappa shape index (κ1) is 20.2. The Morgan fingerprint density at radius 2 is 1.93 bits per heavy atom. The molecular weight excluding hydrogens is 412 g/mol. The third kappa shape index (κ3) is 5.24. The normalized spacial score (nSPS) is 24.9. The molecule has 0 aliphatic carbocycles. The molecule has 0 radical (unpaired) electrons. The first-order valence-corrected chi connectivity index (χ1v) is 11.5. The number of hydrogen-bond acceptors (Lipinski definition) is 5. The van der Waals surface area contributed by atoms with E-state index in [9.17, 15) is 18.0 Å². The van der Waals surface area contributed by atoms with Gasteiger partial charge in [0.2, 0.25) is 5.91 Å². The first-order chi connectivity index (χ1) is 12.7. The zero-order chi connectivity index (χ0) is 19.6. The smallest absolute Gasteiger partial charge is 0.303 e. The van der Waals surface area contributed by atoms with Crippen molar-refractivity contribution in [1.82, 2.24) is 4.90 Å². The minimum absolute atomic E-state index is 0.0461. The SMILES string of the molecule is O=C(O)CCCC(=O)N=C1S[C@H]2CS(=O)(=O)C[C@H]2N1Cc1ccc(Cl)cc1. The van der Waals surface area contributed by atoms with Crippen molar-refractivity contribution < 1.29 is 23.1 Å². The fourth-order valence-electron chi connectivity index (χ4n) is 3.16. The van der Waals surface area contributed by atoms with E-state index in [1.54, 1.807) is 12.1 Å². The Labute approximate surface area is 166 Å². The summed E-state index contributed by atoms with van der Waals surface area (Å²) in [4.78, 5) is 28.7. The van der Waals surface area contributed by atoms with E-state index in [-0.39, 0.29) is 48.0 Å². The molecule has 2 atom stereocenters. The highest BCUT2D eigenvalue weighted by molar-refractivity contribution is 8.15. The van der Waals surface area contributed by atoms with Gasteiger partial charge >= 0.3 is 5.97 Å². The number of fused-ring (bicyclic) bond motifs is 1. The summed E-state index contributed by atoms with van der Waals surface area (Å²) in [7, 11) is -3.10. The number of benzene rings is 1. The predicted molar refractivity (Wildman–Crippen MR) is 105 cm³/mol. The molecule has 1 aromatic carbocycles. The minimum atomic E-state index is -3.10. The molecule has 27 heavy (non-hydrogen) atoms. The summed E-state index contributed by atoms with van der Waals surface area (Å²) in [6, 6.07) is 7.01. The number of carbonyl (C=O) groups excluding carboxylic acids is 1. The maximum Gasteiger partial charge on any atom is 0.303 e. The highest BCUT2D eigenvalue weighted by Crippen LogP contribution is 2.39. The van der Waals surface area contributed by atoms with Crippen LogP contribution in [-0.2, 0) is 26.0 Å². The number of aliphatic imine (C=N–C) groups is 1. The lowest BCUT2D eigenvalue weighted by molar-refractivity contribution is -0.137. The van der Waals surface area contributed by atoms with E-state index in [2.05, 4.69) is 4.99 Å². The topological polar surface area (TPSA) is 104 Å². The molecular formula is C17H19ClN2O5S2. The second-order valence-electron chi connectivity index (χ2n) is 6.59. The van der Waals surface area contributed by atoms with Crippen LogP contribution in [0.5, 0.6) is 0 Å². The Balaban J connectivity index is 1.77. The van der Waals surface area contributed by atoms with Crippen LogP contribution in [0.1, 0.15) is 24.8 Å². The van der Waals surface area contributed by atoms with E-state index in [0.717, 1.165) is 5.56 Å². The number of hydrogen-bond donors (Lipinski definition) is 1. The Hall–Kier alpha value is -1.58. The van der Waals surface area contributed by atoms with Gasteiger partial charge in [0.15, 0.2) is 15.0 Å². The predicted octanol–water partition coefficient (Wildman–Crippen LogP) is 2.19. The number of sulfone groups is 1. The molecule has 7 nitrogen and oxygen atoms in total. The van der Waals surface area contributed by atoms with Crippen molar-refractivity contribution in [1.29, 1.82) is 0 Å². The summed E-state index contributed by atoms with van der Waals surface area (Å²) in [5.74, 6) is -1.21. The lowest BCUT2D eigenvalue weighted by atomic mass is 10.1. The minimum Gasteiger partial charge on any atom is -0.481 e. The summed E-state index contributed by atoms with van der Waals surface area (Å²) in [6.07, 6.45) is 0.203. The Kier molecular flexibility index (Phi) is 6.12. The average molecular weight is 431 g/mol. The number of thioether (sulfide) groups is 1. The van der Waals surface area contributed by atoms with Crippen LogP contribution >= 0.6 is 23.4 Å². The van der Waals surface area contributed by atoms with E-state index < -0.39 is 15.8 Å². The summed E-state index contributed by atoms with van der Waals surface area (Å²) >= 11 is 7.23. The van der Waals surface area contributed by atoms with Gasteiger partial charge in [0.1, 0.15) is 0 Å². The lowest BCUT2D eigenvalue weighted by Crippen LogP contribution is -2.37. The van der Waals surface area contributed by atoms with Crippen molar-refractivity contribution in [2.45, 2.75) is 37.1 Å². The van der Waals surface area contributed by atoms with Crippen LogP contribution in [0.2, 0.25) is 5.02 Å². The maximum absolute atomic E-state index is 12.1. The highest BCUT2D eigenvalue weighted by Gasteiger charge is 2.48. The molecule has 1 aromatic rings. The molecule has 0 saturated carbocycles. The molecule has 10 heteroatoms. The average Bonchev–Trinajstić information content (AvgIpc) is 3.02. The number of halogens is 1. The fraction of sp³-hybridized carbons (Fsp3) is 0.471. The Morgan fingerprint density at radius 1 is 1.22 bits per heavy atom. The number of carbonyl (C=O) groups is 2. The molecule has 3 rings (SSSR count). The lowest BCUT2D eigenvalue weighted by Gasteiger charge is -2.24. The second-order valence-corrected chi connectivity index (χ2v) is 10.4. The standard InChI is InChI=1S/C17H19ClN2O5S2/c18-12-6-4-11(5-7-12)8-20-13-9-27(24,25)10-14(13)26-17(20)19-15(21)2-1-3-16(22)23/h4-7,13-14H,1-3,8-10H2,(H,22,23)/t13-,14+/m1/s1. The molecule has 2 aliphatic rings. The summed E-state index contributed by atoms with van der Waals surface area (Å²) in [6.45, 7) is 0.433. The molecule has 1 amide bonds. The molecule has 1 N–H and O–H groups in total. The van der Waals surface area contributed by atoms with Crippen LogP contribution in [0.3, 0.4) is 0 Å². The fourth-order valence-corrected chi connectivity index (χ4v) is 7.25. The van der Waals surface area contributed by atoms with E-state index in [4.69, 9.17) is 16.7 Å². The number of amidine groups is 1. The second kappa shape index (κ2) is 8.20. The number of aliphatic carboxylic acids is 1. The molecule has 2 fully saturated rings. The molecule has 2 saturated heterocycles.